The summed E-state index contributed by atoms with van der Waals surface area (Å²) < 4.78 is 0. The average molecular weight is 277 g/mol. The standard InChI is InChI=1S/C17H15N3O/c1-11-5-6-13(12(2)8-11)9-15-17(21)20-16(19-15)14-4-3-7-18-10-14/h3-10H,1-2H3,(H,19,20,21)/b15-9-. The van der Waals surface area contributed by atoms with Gasteiger partial charge in [0.25, 0.3) is 5.91 Å². The van der Waals surface area contributed by atoms with Gasteiger partial charge in [-0.25, -0.2) is 4.99 Å². The Kier molecular flexibility index (Phi) is 3.36. The van der Waals surface area contributed by atoms with Gasteiger partial charge in [-0.2, -0.15) is 0 Å². The number of hydrogen-bond donors (Lipinski definition) is 1. The molecule has 1 aromatic heterocycles. The lowest BCUT2D eigenvalue weighted by Gasteiger charge is -2.01. The molecule has 0 fully saturated rings. The average Bonchev–Trinajstić information content (AvgIpc) is 2.84. The number of aryl methyl sites for hydroxylation is 2. The summed E-state index contributed by atoms with van der Waals surface area (Å²) in [4.78, 5) is 20.4. The third kappa shape index (κ3) is 2.74. The molecule has 0 aliphatic carbocycles. The Hall–Kier alpha value is -2.75. The first-order valence-electron chi connectivity index (χ1n) is 6.73. The predicted molar refractivity (Wildman–Crippen MR) is 82.8 cm³/mol. The molecular weight excluding hydrogens is 262 g/mol. The highest BCUT2D eigenvalue weighted by molar-refractivity contribution is 6.19. The maximum absolute atomic E-state index is 12.0. The summed E-state index contributed by atoms with van der Waals surface area (Å²) >= 11 is 0. The van der Waals surface area contributed by atoms with Crippen molar-refractivity contribution in [3.63, 3.8) is 0 Å². The third-order valence-electron chi connectivity index (χ3n) is 3.35. The molecule has 21 heavy (non-hydrogen) atoms. The number of benzene rings is 1. The zero-order chi connectivity index (χ0) is 14.8. The van der Waals surface area contributed by atoms with E-state index < -0.39 is 0 Å². The number of carbonyl (C=O) groups is 1. The fraction of sp³-hybridized carbons (Fsp3) is 0.118. The van der Waals surface area contributed by atoms with Crippen LogP contribution in [0.1, 0.15) is 22.3 Å². The Balaban J connectivity index is 1.97. The lowest BCUT2D eigenvalue weighted by molar-refractivity contribution is -0.115. The predicted octanol–water partition coefficient (Wildman–Crippen LogP) is 2.62. The highest BCUT2D eigenvalue weighted by Gasteiger charge is 2.21. The number of nitrogens with zero attached hydrogens (tertiary/aromatic N) is 2. The van der Waals surface area contributed by atoms with Gasteiger partial charge in [0.2, 0.25) is 0 Å². The van der Waals surface area contributed by atoms with E-state index in [4.69, 9.17) is 0 Å². The maximum Gasteiger partial charge on any atom is 0.275 e. The molecule has 1 aliphatic heterocycles. The zero-order valence-electron chi connectivity index (χ0n) is 11.9. The van der Waals surface area contributed by atoms with Crippen molar-refractivity contribution < 1.29 is 4.79 Å². The summed E-state index contributed by atoms with van der Waals surface area (Å²) in [5.74, 6) is 0.359. The van der Waals surface area contributed by atoms with Crippen LogP contribution in [-0.2, 0) is 4.79 Å². The largest absolute Gasteiger partial charge is 0.305 e. The van der Waals surface area contributed by atoms with Crippen molar-refractivity contribution in [1.29, 1.82) is 0 Å². The van der Waals surface area contributed by atoms with Crippen LogP contribution in [0.3, 0.4) is 0 Å². The molecule has 0 bridgehead atoms. The summed E-state index contributed by atoms with van der Waals surface area (Å²) in [6, 6.07) is 9.80. The van der Waals surface area contributed by atoms with Crippen LogP contribution >= 0.6 is 0 Å². The van der Waals surface area contributed by atoms with Gasteiger partial charge in [-0.3, -0.25) is 9.78 Å². The second kappa shape index (κ2) is 5.32. The van der Waals surface area contributed by atoms with Crippen LogP contribution in [0.25, 0.3) is 6.08 Å². The first-order chi connectivity index (χ1) is 10.1. The van der Waals surface area contributed by atoms with E-state index in [0.29, 0.717) is 11.5 Å². The molecule has 0 unspecified atom stereocenters. The van der Waals surface area contributed by atoms with Gasteiger partial charge >= 0.3 is 0 Å². The molecule has 0 saturated heterocycles. The number of nitrogens with one attached hydrogen (secondary N) is 1. The number of hydrogen-bond acceptors (Lipinski definition) is 3. The number of carbonyl (C=O) groups excluding carboxylic acids is 1. The van der Waals surface area contributed by atoms with E-state index in [1.165, 1.54) is 5.56 Å². The second-order valence-electron chi connectivity index (χ2n) is 5.05. The molecule has 0 spiro atoms. The number of aromatic nitrogens is 1. The number of rotatable bonds is 2. The van der Waals surface area contributed by atoms with Gasteiger partial charge in [-0.1, -0.05) is 23.8 Å². The van der Waals surface area contributed by atoms with Crippen LogP contribution in [0.5, 0.6) is 0 Å². The van der Waals surface area contributed by atoms with Crippen molar-refractivity contribution in [2.75, 3.05) is 0 Å². The Morgan fingerprint density at radius 1 is 1.19 bits per heavy atom. The van der Waals surface area contributed by atoms with Crippen molar-refractivity contribution in [2.24, 2.45) is 4.99 Å². The van der Waals surface area contributed by atoms with E-state index in [-0.39, 0.29) is 5.91 Å². The van der Waals surface area contributed by atoms with Crippen molar-refractivity contribution in [3.8, 4) is 0 Å². The summed E-state index contributed by atoms with van der Waals surface area (Å²) in [6.45, 7) is 4.07. The van der Waals surface area contributed by atoms with Gasteiger partial charge in [0.1, 0.15) is 11.5 Å². The minimum atomic E-state index is -0.186. The minimum absolute atomic E-state index is 0.186. The zero-order valence-corrected chi connectivity index (χ0v) is 11.9. The molecule has 4 nitrogen and oxygen atoms in total. The Bertz CT molecular complexity index is 761. The molecular formula is C17H15N3O. The Morgan fingerprint density at radius 2 is 2.05 bits per heavy atom. The van der Waals surface area contributed by atoms with E-state index in [9.17, 15) is 4.79 Å². The number of pyridine rings is 1. The highest BCUT2D eigenvalue weighted by atomic mass is 16.2. The van der Waals surface area contributed by atoms with E-state index in [1.807, 2.05) is 44.2 Å². The fourth-order valence-electron chi connectivity index (χ4n) is 2.24. The summed E-state index contributed by atoms with van der Waals surface area (Å²) in [6.07, 6.45) is 5.18. The topological polar surface area (TPSA) is 54.4 Å². The fourth-order valence-corrected chi connectivity index (χ4v) is 2.24. The van der Waals surface area contributed by atoms with Crippen LogP contribution in [0, 0.1) is 13.8 Å². The van der Waals surface area contributed by atoms with Gasteiger partial charge in [-0.05, 0) is 43.2 Å². The van der Waals surface area contributed by atoms with Crippen LogP contribution in [0.4, 0.5) is 0 Å². The molecule has 2 aromatic rings. The molecule has 2 heterocycles. The number of amidine groups is 1. The van der Waals surface area contributed by atoms with Gasteiger partial charge in [-0.15, -0.1) is 0 Å². The molecule has 1 N–H and O–H groups in total. The normalized spacial score (nSPS) is 16.0. The van der Waals surface area contributed by atoms with Gasteiger partial charge in [0, 0.05) is 18.0 Å². The highest BCUT2D eigenvalue weighted by Crippen LogP contribution is 2.18. The molecule has 104 valence electrons. The molecule has 1 aliphatic rings. The van der Waals surface area contributed by atoms with Crippen molar-refractivity contribution in [3.05, 3.63) is 70.7 Å². The van der Waals surface area contributed by atoms with E-state index in [2.05, 4.69) is 21.4 Å². The van der Waals surface area contributed by atoms with E-state index >= 15 is 0 Å². The number of aliphatic imine (C=N–C) groups is 1. The third-order valence-corrected chi connectivity index (χ3v) is 3.35. The smallest absolute Gasteiger partial charge is 0.275 e. The van der Waals surface area contributed by atoms with Gasteiger partial charge in [0.05, 0.1) is 0 Å². The molecule has 0 radical (unpaired) electrons. The van der Waals surface area contributed by atoms with E-state index in [1.54, 1.807) is 12.4 Å². The van der Waals surface area contributed by atoms with Crippen LogP contribution in [0.2, 0.25) is 0 Å². The van der Waals surface area contributed by atoms with Crippen LogP contribution < -0.4 is 5.32 Å². The van der Waals surface area contributed by atoms with Crippen molar-refractivity contribution >= 4 is 17.8 Å². The quantitative estimate of drug-likeness (QED) is 0.858. The molecule has 0 atom stereocenters. The first kappa shape index (κ1) is 13.2. The molecule has 1 amide bonds. The molecule has 3 rings (SSSR count). The molecule has 0 saturated carbocycles. The lowest BCUT2D eigenvalue weighted by Crippen LogP contribution is -2.24. The lowest BCUT2D eigenvalue weighted by atomic mass is 10.0. The Morgan fingerprint density at radius 3 is 2.76 bits per heavy atom. The first-order valence-corrected chi connectivity index (χ1v) is 6.73. The van der Waals surface area contributed by atoms with Crippen LogP contribution in [0.15, 0.2) is 53.4 Å². The number of amides is 1. The summed E-state index contributed by atoms with van der Waals surface area (Å²) in [7, 11) is 0. The maximum atomic E-state index is 12.0. The SMILES string of the molecule is Cc1ccc(/C=C2\N=C(c3cccnc3)NC2=O)c(C)c1. The van der Waals surface area contributed by atoms with Gasteiger partial charge in [0.15, 0.2) is 0 Å². The summed E-state index contributed by atoms with van der Waals surface area (Å²) in [5.41, 5.74) is 4.54. The van der Waals surface area contributed by atoms with E-state index in [0.717, 1.165) is 16.7 Å². The molecule has 1 aromatic carbocycles. The monoisotopic (exact) mass is 277 g/mol. The van der Waals surface area contributed by atoms with Crippen molar-refractivity contribution in [1.82, 2.24) is 10.3 Å². The Labute approximate surface area is 123 Å². The molecule has 4 heteroatoms. The summed E-state index contributed by atoms with van der Waals surface area (Å²) in [5, 5.41) is 2.77. The van der Waals surface area contributed by atoms with Crippen LogP contribution in [-0.4, -0.2) is 16.7 Å². The minimum Gasteiger partial charge on any atom is -0.305 e. The van der Waals surface area contributed by atoms with Crippen molar-refractivity contribution in [2.45, 2.75) is 13.8 Å². The van der Waals surface area contributed by atoms with Gasteiger partial charge < -0.3 is 5.32 Å². The second-order valence-corrected chi connectivity index (χ2v) is 5.05.